The SMILES string of the molecule is C[C@H]1[C@@H](NC(=O)CSc2ncnc3sc(-c4ccccc4)cc23)CCC[C@@H]1C. The van der Waals surface area contributed by atoms with Crippen molar-refractivity contribution in [2.75, 3.05) is 5.75 Å². The van der Waals surface area contributed by atoms with Crippen molar-refractivity contribution in [3.8, 4) is 10.4 Å². The first kappa shape index (κ1) is 19.4. The van der Waals surface area contributed by atoms with Gasteiger partial charge in [0, 0.05) is 16.3 Å². The standard InChI is InChI=1S/C22H25N3OS2/c1-14-7-6-10-18(15(14)2)25-20(26)12-27-21-17-11-19(16-8-4-3-5-9-16)28-22(17)24-13-23-21/h3-5,8-9,11,13-15,18H,6-7,10,12H2,1-2H3,(H,25,26)/t14-,15+,18-/m0/s1. The number of amides is 1. The van der Waals surface area contributed by atoms with Gasteiger partial charge in [-0.25, -0.2) is 9.97 Å². The zero-order chi connectivity index (χ0) is 19.5. The number of benzene rings is 1. The number of carbonyl (C=O) groups is 1. The fourth-order valence-corrected chi connectivity index (χ4v) is 5.71. The predicted molar refractivity (Wildman–Crippen MR) is 118 cm³/mol. The molecule has 1 aromatic carbocycles. The second kappa shape index (κ2) is 8.62. The second-order valence-corrected chi connectivity index (χ2v) is 9.60. The highest BCUT2D eigenvalue weighted by atomic mass is 32.2. The molecule has 28 heavy (non-hydrogen) atoms. The maximum Gasteiger partial charge on any atom is 0.230 e. The minimum Gasteiger partial charge on any atom is -0.352 e. The van der Waals surface area contributed by atoms with Gasteiger partial charge in [-0.2, -0.15) is 0 Å². The number of thioether (sulfide) groups is 1. The van der Waals surface area contributed by atoms with E-state index in [4.69, 9.17) is 0 Å². The molecule has 0 spiro atoms. The molecule has 1 saturated carbocycles. The summed E-state index contributed by atoms with van der Waals surface area (Å²) in [4.78, 5) is 23.5. The molecule has 4 nitrogen and oxygen atoms in total. The molecule has 2 heterocycles. The van der Waals surface area contributed by atoms with Crippen LogP contribution in [-0.2, 0) is 4.79 Å². The number of hydrogen-bond donors (Lipinski definition) is 1. The van der Waals surface area contributed by atoms with Crippen LogP contribution in [-0.4, -0.2) is 27.7 Å². The summed E-state index contributed by atoms with van der Waals surface area (Å²) in [5, 5.41) is 5.16. The topological polar surface area (TPSA) is 54.9 Å². The number of fused-ring (bicyclic) bond motifs is 1. The number of nitrogens with one attached hydrogen (secondary N) is 1. The lowest BCUT2D eigenvalue weighted by Crippen LogP contribution is -2.44. The molecule has 3 atom stereocenters. The summed E-state index contributed by atoms with van der Waals surface area (Å²) in [6.45, 7) is 4.54. The number of thiophene rings is 1. The number of nitrogens with zero attached hydrogens (tertiary/aromatic N) is 2. The third-order valence-electron chi connectivity index (χ3n) is 5.74. The Balaban J connectivity index is 1.44. The van der Waals surface area contributed by atoms with E-state index in [1.54, 1.807) is 17.7 Å². The molecule has 0 saturated heterocycles. The van der Waals surface area contributed by atoms with Crippen LogP contribution in [0.5, 0.6) is 0 Å². The Labute approximate surface area is 174 Å². The van der Waals surface area contributed by atoms with E-state index in [-0.39, 0.29) is 5.91 Å². The van der Waals surface area contributed by atoms with Crippen molar-refractivity contribution in [2.45, 2.75) is 44.2 Å². The number of aromatic nitrogens is 2. The highest BCUT2D eigenvalue weighted by Crippen LogP contribution is 2.36. The predicted octanol–water partition coefficient (Wildman–Crippen LogP) is 5.39. The van der Waals surface area contributed by atoms with Gasteiger partial charge in [-0.15, -0.1) is 11.3 Å². The monoisotopic (exact) mass is 411 g/mol. The Bertz CT molecular complexity index is 957. The van der Waals surface area contributed by atoms with Crippen molar-refractivity contribution in [2.24, 2.45) is 11.8 Å². The summed E-state index contributed by atoms with van der Waals surface area (Å²) in [7, 11) is 0. The average molecular weight is 412 g/mol. The first-order valence-corrected chi connectivity index (χ1v) is 11.6. The van der Waals surface area contributed by atoms with Crippen LogP contribution >= 0.6 is 23.1 Å². The van der Waals surface area contributed by atoms with E-state index in [1.807, 2.05) is 18.2 Å². The van der Waals surface area contributed by atoms with E-state index in [9.17, 15) is 4.79 Å². The van der Waals surface area contributed by atoms with Gasteiger partial charge in [0.1, 0.15) is 16.2 Å². The molecule has 2 aromatic heterocycles. The maximum absolute atomic E-state index is 12.5. The molecule has 6 heteroatoms. The zero-order valence-electron chi connectivity index (χ0n) is 16.2. The van der Waals surface area contributed by atoms with Gasteiger partial charge in [0.25, 0.3) is 0 Å². The molecule has 0 bridgehead atoms. The molecule has 1 N–H and O–H groups in total. The van der Waals surface area contributed by atoms with E-state index >= 15 is 0 Å². The molecule has 1 amide bonds. The third kappa shape index (κ3) is 4.23. The smallest absolute Gasteiger partial charge is 0.230 e. The van der Waals surface area contributed by atoms with Crippen molar-refractivity contribution < 1.29 is 4.79 Å². The van der Waals surface area contributed by atoms with Gasteiger partial charge in [-0.05, 0) is 29.9 Å². The van der Waals surface area contributed by atoms with Crippen molar-refractivity contribution in [3.63, 3.8) is 0 Å². The third-order valence-corrected chi connectivity index (χ3v) is 7.84. The fraction of sp³-hybridized carbons (Fsp3) is 0.409. The van der Waals surface area contributed by atoms with Crippen LogP contribution < -0.4 is 5.32 Å². The molecule has 1 aliphatic rings. The van der Waals surface area contributed by atoms with E-state index < -0.39 is 0 Å². The van der Waals surface area contributed by atoms with E-state index in [0.717, 1.165) is 21.7 Å². The lowest BCUT2D eigenvalue weighted by atomic mass is 9.78. The summed E-state index contributed by atoms with van der Waals surface area (Å²) in [5.41, 5.74) is 1.18. The normalized spacial score (nSPS) is 22.3. The Morgan fingerprint density at radius 3 is 2.86 bits per heavy atom. The van der Waals surface area contributed by atoms with Gasteiger partial charge < -0.3 is 5.32 Å². The van der Waals surface area contributed by atoms with Gasteiger partial charge >= 0.3 is 0 Å². The largest absolute Gasteiger partial charge is 0.352 e. The van der Waals surface area contributed by atoms with Crippen LogP contribution in [0.15, 0.2) is 47.8 Å². The van der Waals surface area contributed by atoms with Crippen molar-refractivity contribution in [1.29, 1.82) is 0 Å². The molecule has 1 fully saturated rings. The summed E-state index contributed by atoms with van der Waals surface area (Å²) < 4.78 is 0. The highest BCUT2D eigenvalue weighted by Gasteiger charge is 2.28. The molecule has 146 valence electrons. The van der Waals surface area contributed by atoms with Crippen LogP contribution in [0.2, 0.25) is 0 Å². The number of carbonyl (C=O) groups excluding carboxylic acids is 1. The molecule has 4 rings (SSSR count). The summed E-state index contributed by atoms with van der Waals surface area (Å²) in [6, 6.07) is 12.7. The highest BCUT2D eigenvalue weighted by molar-refractivity contribution is 8.00. The van der Waals surface area contributed by atoms with Crippen molar-refractivity contribution >= 4 is 39.2 Å². The van der Waals surface area contributed by atoms with E-state index in [1.165, 1.54) is 35.0 Å². The van der Waals surface area contributed by atoms with Crippen LogP contribution in [0, 0.1) is 11.8 Å². The summed E-state index contributed by atoms with van der Waals surface area (Å²) >= 11 is 3.16. The van der Waals surface area contributed by atoms with Gasteiger partial charge in [0.2, 0.25) is 5.91 Å². The minimum absolute atomic E-state index is 0.0984. The lowest BCUT2D eigenvalue weighted by Gasteiger charge is -2.34. The summed E-state index contributed by atoms with van der Waals surface area (Å²) in [5.74, 6) is 1.70. The Morgan fingerprint density at radius 2 is 2.04 bits per heavy atom. The van der Waals surface area contributed by atoms with Crippen LogP contribution in [0.3, 0.4) is 0 Å². The minimum atomic E-state index is 0.0984. The Kier molecular flexibility index (Phi) is 5.97. The fourth-order valence-electron chi connectivity index (χ4n) is 3.86. The molecule has 0 aliphatic heterocycles. The molecular weight excluding hydrogens is 386 g/mol. The first-order valence-electron chi connectivity index (χ1n) is 9.84. The maximum atomic E-state index is 12.5. The Hall–Kier alpha value is -1.92. The van der Waals surface area contributed by atoms with Gasteiger partial charge in [-0.1, -0.05) is 68.8 Å². The quantitative estimate of drug-likeness (QED) is 0.452. The molecule has 3 aromatic rings. The molecule has 0 unspecified atom stereocenters. The summed E-state index contributed by atoms with van der Waals surface area (Å²) in [6.07, 6.45) is 5.15. The van der Waals surface area contributed by atoms with Crippen LogP contribution in [0.4, 0.5) is 0 Å². The zero-order valence-corrected chi connectivity index (χ0v) is 17.9. The van der Waals surface area contributed by atoms with Crippen molar-refractivity contribution in [1.82, 2.24) is 15.3 Å². The molecule has 0 radical (unpaired) electrons. The van der Waals surface area contributed by atoms with E-state index in [2.05, 4.69) is 47.3 Å². The van der Waals surface area contributed by atoms with Crippen LogP contribution in [0.1, 0.15) is 33.1 Å². The second-order valence-electron chi connectivity index (χ2n) is 7.60. The number of hydrogen-bond acceptors (Lipinski definition) is 5. The first-order chi connectivity index (χ1) is 13.6. The van der Waals surface area contributed by atoms with Gasteiger partial charge in [0.15, 0.2) is 0 Å². The lowest BCUT2D eigenvalue weighted by molar-refractivity contribution is -0.119. The Morgan fingerprint density at radius 1 is 1.21 bits per heavy atom. The average Bonchev–Trinajstić information content (AvgIpc) is 3.15. The van der Waals surface area contributed by atoms with Gasteiger partial charge in [-0.3, -0.25) is 4.79 Å². The molecule has 1 aliphatic carbocycles. The van der Waals surface area contributed by atoms with E-state index in [0.29, 0.717) is 23.6 Å². The van der Waals surface area contributed by atoms with Gasteiger partial charge in [0.05, 0.1) is 5.75 Å². The van der Waals surface area contributed by atoms with Crippen molar-refractivity contribution in [3.05, 3.63) is 42.7 Å². The van der Waals surface area contributed by atoms with Crippen LogP contribution in [0.25, 0.3) is 20.7 Å². The number of rotatable bonds is 5. The molecular formula is C22H25N3OS2.